The lowest BCUT2D eigenvalue weighted by molar-refractivity contribution is -0.104. The van der Waals surface area contributed by atoms with E-state index < -0.39 is 5.60 Å². The Hall–Kier alpha value is -0.870. The van der Waals surface area contributed by atoms with Gasteiger partial charge in [-0.25, -0.2) is 0 Å². The van der Waals surface area contributed by atoms with Crippen molar-refractivity contribution >= 4 is 6.29 Å². The van der Waals surface area contributed by atoms with Crippen LogP contribution in [0.3, 0.4) is 0 Å². The number of allylic oxidation sites excluding steroid dienone is 1. The molecule has 13 heavy (non-hydrogen) atoms. The standard InChI is InChI=1S/C9H16O4/c1-9(2,11)8-13-7-6-12-5-3-4-10/h3-5,11H,6-8H2,1-2H3/b5-3+. The van der Waals surface area contributed by atoms with Gasteiger partial charge in [0.15, 0.2) is 0 Å². The number of carbonyl (C=O) groups is 1. The molecule has 0 fully saturated rings. The predicted molar refractivity (Wildman–Crippen MR) is 48.3 cm³/mol. The third kappa shape index (κ3) is 11.1. The molecule has 0 unspecified atom stereocenters. The van der Waals surface area contributed by atoms with Gasteiger partial charge in [-0.05, 0) is 13.8 Å². The van der Waals surface area contributed by atoms with Crippen LogP contribution in [0, 0.1) is 0 Å². The van der Waals surface area contributed by atoms with Gasteiger partial charge in [0.1, 0.15) is 12.9 Å². The first-order chi connectivity index (χ1) is 6.06. The first-order valence-corrected chi connectivity index (χ1v) is 4.08. The number of hydrogen-bond acceptors (Lipinski definition) is 4. The number of ether oxygens (including phenoxy) is 2. The van der Waals surface area contributed by atoms with Crippen LogP contribution in [0.1, 0.15) is 13.8 Å². The number of aliphatic hydroxyl groups is 1. The van der Waals surface area contributed by atoms with Crippen LogP contribution in [-0.4, -0.2) is 36.8 Å². The van der Waals surface area contributed by atoms with Gasteiger partial charge in [0.05, 0.1) is 25.1 Å². The molecule has 0 aliphatic heterocycles. The second-order valence-electron chi connectivity index (χ2n) is 3.20. The van der Waals surface area contributed by atoms with E-state index in [-0.39, 0.29) is 6.61 Å². The van der Waals surface area contributed by atoms with Gasteiger partial charge in [-0.2, -0.15) is 0 Å². The third-order valence-corrected chi connectivity index (χ3v) is 1.05. The molecule has 0 heterocycles. The lowest BCUT2D eigenvalue weighted by atomic mass is 10.2. The van der Waals surface area contributed by atoms with Crippen LogP contribution >= 0.6 is 0 Å². The minimum absolute atomic E-state index is 0.272. The number of carbonyl (C=O) groups excluding carboxylic acids is 1. The van der Waals surface area contributed by atoms with Gasteiger partial charge in [-0.1, -0.05) is 0 Å². The normalized spacial score (nSPS) is 11.9. The maximum absolute atomic E-state index is 9.79. The highest BCUT2D eigenvalue weighted by Gasteiger charge is 2.11. The number of aldehydes is 1. The van der Waals surface area contributed by atoms with Crippen LogP contribution in [0.4, 0.5) is 0 Å². The van der Waals surface area contributed by atoms with Crippen molar-refractivity contribution in [3.05, 3.63) is 12.3 Å². The van der Waals surface area contributed by atoms with Gasteiger partial charge in [0.2, 0.25) is 0 Å². The lowest BCUT2D eigenvalue weighted by Crippen LogP contribution is -2.26. The summed E-state index contributed by atoms with van der Waals surface area (Å²) in [6.45, 7) is 4.38. The van der Waals surface area contributed by atoms with Crippen LogP contribution < -0.4 is 0 Å². The summed E-state index contributed by atoms with van der Waals surface area (Å²) in [5.41, 5.74) is -0.807. The Morgan fingerprint density at radius 2 is 2.08 bits per heavy atom. The van der Waals surface area contributed by atoms with E-state index in [1.807, 2.05) is 0 Å². The van der Waals surface area contributed by atoms with Crippen LogP contribution in [0.15, 0.2) is 12.3 Å². The van der Waals surface area contributed by atoms with E-state index in [2.05, 4.69) is 0 Å². The number of hydrogen-bond donors (Lipinski definition) is 1. The molecule has 0 aromatic carbocycles. The van der Waals surface area contributed by atoms with Crippen molar-refractivity contribution in [1.82, 2.24) is 0 Å². The highest BCUT2D eigenvalue weighted by Crippen LogP contribution is 2.00. The highest BCUT2D eigenvalue weighted by molar-refractivity contribution is 5.64. The average molecular weight is 188 g/mol. The summed E-state index contributed by atoms with van der Waals surface area (Å²) in [5, 5.41) is 9.23. The lowest BCUT2D eigenvalue weighted by Gasteiger charge is -2.16. The second kappa shape index (κ2) is 6.62. The molecular weight excluding hydrogens is 172 g/mol. The molecule has 0 aliphatic carbocycles. The van der Waals surface area contributed by atoms with E-state index in [0.29, 0.717) is 19.5 Å². The van der Waals surface area contributed by atoms with E-state index in [9.17, 15) is 9.90 Å². The van der Waals surface area contributed by atoms with E-state index in [4.69, 9.17) is 9.47 Å². The molecule has 0 rings (SSSR count). The number of rotatable bonds is 7. The summed E-state index contributed by atoms with van der Waals surface area (Å²) < 4.78 is 9.95. The van der Waals surface area contributed by atoms with E-state index in [0.717, 1.165) is 0 Å². The molecule has 0 aromatic heterocycles. The van der Waals surface area contributed by atoms with Gasteiger partial charge in [-0.15, -0.1) is 0 Å². The molecule has 0 aromatic rings. The maximum Gasteiger partial charge on any atom is 0.145 e. The quantitative estimate of drug-likeness (QED) is 0.273. The van der Waals surface area contributed by atoms with Crippen molar-refractivity contribution in [2.24, 2.45) is 0 Å². The molecule has 0 bridgehead atoms. The van der Waals surface area contributed by atoms with Crippen LogP contribution in [-0.2, 0) is 14.3 Å². The predicted octanol–water partition coefficient (Wildman–Crippen LogP) is 0.503. The first-order valence-electron chi connectivity index (χ1n) is 4.08. The molecule has 0 saturated heterocycles. The third-order valence-electron chi connectivity index (χ3n) is 1.05. The average Bonchev–Trinajstić information content (AvgIpc) is 2.01. The Morgan fingerprint density at radius 1 is 1.38 bits per heavy atom. The smallest absolute Gasteiger partial charge is 0.145 e. The monoisotopic (exact) mass is 188 g/mol. The molecular formula is C9H16O4. The molecule has 0 saturated carbocycles. The van der Waals surface area contributed by atoms with E-state index in [1.54, 1.807) is 13.8 Å². The Kier molecular flexibility index (Phi) is 6.18. The van der Waals surface area contributed by atoms with Gasteiger partial charge in [-0.3, -0.25) is 4.79 Å². The highest BCUT2D eigenvalue weighted by atomic mass is 16.5. The van der Waals surface area contributed by atoms with Crippen LogP contribution in [0.25, 0.3) is 0 Å². The molecule has 0 radical (unpaired) electrons. The SMILES string of the molecule is CC(C)(O)COCCO/C=C/C=O. The zero-order valence-electron chi connectivity index (χ0n) is 8.03. The van der Waals surface area contributed by atoms with Gasteiger partial charge >= 0.3 is 0 Å². The van der Waals surface area contributed by atoms with Crippen molar-refractivity contribution in [2.45, 2.75) is 19.4 Å². The zero-order chi connectivity index (χ0) is 10.2. The molecule has 0 aliphatic rings. The summed E-state index contributed by atoms with van der Waals surface area (Å²) in [4.78, 5) is 9.79. The summed E-state index contributed by atoms with van der Waals surface area (Å²) >= 11 is 0. The second-order valence-corrected chi connectivity index (χ2v) is 3.20. The molecule has 4 nitrogen and oxygen atoms in total. The first kappa shape index (κ1) is 12.1. The Bertz CT molecular complexity index is 157. The fraction of sp³-hybridized carbons (Fsp3) is 0.667. The van der Waals surface area contributed by atoms with Crippen molar-refractivity contribution < 1.29 is 19.4 Å². The fourth-order valence-electron chi connectivity index (χ4n) is 0.585. The van der Waals surface area contributed by atoms with Crippen LogP contribution in [0.2, 0.25) is 0 Å². The van der Waals surface area contributed by atoms with Crippen molar-refractivity contribution in [3.63, 3.8) is 0 Å². The van der Waals surface area contributed by atoms with Gasteiger partial charge in [0.25, 0.3) is 0 Å². The Morgan fingerprint density at radius 3 is 2.62 bits per heavy atom. The summed E-state index contributed by atoms with van der Waals surface area (Å²) in [5.74, 6) is 0. The molecule has 76 valence electrons. The topological polar surface area (TPSA) is 55.8 Å². The Balaban J connectivity index is 3.17. The summed E-state index contributed by atoms with van der Waals surface area (Å²) in [6, 6.07) is 0. The Labute approximate surface area is 78.2 Å². The summed E-state index contributed by atoms with van der Waals surface area (Å²) in [6.07, 6.45) is 3.20. The molecule has 1 N–H and O–H groups in total. The van der Waals surface area contributed by atoms with Crippen LogP contribution in [0.5, 0.6) is 0 Å². The van der Waals surface area contributed by atoms with Gasteiger partial charge in [0, 0.05) is 6.08 Å². The molecule has 0 spiro atoms. The minimum Gasteiger partial charge on any atom is -0.499 e. The maximum atomic E-state index is 9.79. The minimum atomic E-state index is -0.807. The fourth-order valence-corrected chi connectivity index (χ4v) is 0.585. The van der Waals surface area contributed by atoms with Crippen molar-refractivity contribution in [3.8, 4) is 0 Å². The van der Waals surface area contributed by atoms with Crippen molar-refractivity contribution in [2.75, 3.05) is 19.8 Å². The summed E-state index contributed by atoms with van der Waals surface area (Å²) in [7, 11) is 0. The molecule has 0 amide bonds. The zero-order valence-corrected chi connectivity index (χ0v) is 8.03. The van der Waals surface area contributed by atoms with Crippen molar-refractivity contribution in [1.29, 1.82) is 0 Å². The van der Waals surface area contributed by atoms with E-state index in [1.165, 1.54) is 12.3 Å². The van der Waals surface area contributed by atoms with Gasteiger partial charge < -0.3 is 14.6 Å². The molecule has 4 heteroatoms. The molecule has 0 atom stereocenters. The van der Waals surface area contributed by atoms with E-state index >= 15 is 0 Å². The largest absolute Gasteiger partial charge is 0.499 e.